The molecule has 0 saturated carbocycles. The topological polar surface area (TPSA) is 56.1 Å². The van der Waals surface area contributed by atoms with Crippen LogP contribution in [0.1, 0.15) is 30.8 Å². The van der Waals surface area contributed by atoms with Gasteiger partial charge in [-0.2, -0.15) is 5.10 Å². The van der Waals surface area contributed by atoms with Crippen LogP contribution in [0, 0.1) is 0 Å². The maximum Gasteiger partial charge on any atom is 0.270 e. The number of benzene rings is 2. The maximum atomic E-state index is 12.8. The van der Waals surface area contributed by atoms with Crippen molar-refractivity contribution in [2.45, 2.75) is 26.3 Å². The third-order valence-electron chi connectivity index (χ3n) is 4.39. The summed E-state index contributed by atoms with van der Waals surface area (Å²) in [6, 6.07) is 16.7. The molecule has 6 heteroatoms. The molecule has 0 saturated heterocycles. The van der Waals surface area contributed by atoms with Crippen LogP contribution in [-0.2, 0) is 0 Å². The molecule has 0 bridgehead atoms. The zero-order valence-electron chi connectivity index (χ0n) is 15.6. The fraction of sp³-hybridized carbons (Fsp3) is 0.238. The Labute approximate surface area is 163 Å². The van der Waals surface area contributed by atoms with Gasteiger partial charge >= 0.3 is 0 Å². The smallest absolute Gasteiger partial charge is 0.270 e. The van der Waals surface area contributed by atoms with Crippen LogP contribution in [0.15, 0.2) is 54.6 Å². The molecule has 1 aromatic heterocycles. The van der Waals surface area contributed by atoms with Crippen LogP contribution in [0.25, 0.3) is 16.9 Å². The first-order valence-electron chi connectivity index (χ1n) is 8.83. The molecule has 1 atom stereocenters. The van der Waals surface area contributed by atoms with Crippen molar-refractivity contribution in [3.63, 3.8) is 0 Å². The van der Waals surface area contributed by atoms with Gasteiger partial charge in [-0.25, -0.2) is 4.68 Å². The largest absolute Gasteiger partial charge is 0.497 e. The standard InChI is InChI=1S/C21H22ClN3O2/c1-4-14(2)23-21(26)20-13-19(15-5-11-18(27-3)12-6-15)24-25(20)17-9-7-16(22)8-10-17/h5-14H,4H2,1-3H3,(H,23,26). The number of carbonyl (C=O) groups excluding carboxylic acids is 1. The van der Waals surface area contributed by atoms with Crippen LogP contribution in [0.3, 0.4) is 0 Å². The monoisotopic (exact) mass is 383 g/mol. The summed E-state index contributed by atoms with van der Waals surface area (Å²) in [4.78, 5) is 12.8. The molecule has 0 fully saturated rings. The molecule has 0 radical (unpaired) electrons. The number of rotatable bonds is 6. The summed E-state index contributed by atoms with van der Waals surface area (Å²) in [7, 11) is 1.63. The Balaban J connectivity index is 2.04. The van der Waals surface area contributed by atoms with Crippen molar-refractivity contribution in [2.75, 3.05) is 7.11 Å². The van der Waals surface area contributed by atoms with Crippen LogP contribution in [0.5, 0.6) is 5.75 Å². The average Bonchev–Trinajstić information content (AvgIpc) is 3.14. The predicted octanol–water partition coefficient (Wildman–Crippen LogP) is 4.73. The predicted molar refractivity (Wildman–Crippen MR) is 108 cm³/mol. The molecule has 2 aromatic carbocycles. The highest BCUT2D eigenvalue weighted by Gasteiger charge is 2.19. The molecule has 5 nitrogen and oxygen atoms in total. The summed E-state index contributed by atoms with van der Waals surface area (Å²) in [5, 5.41) is 8.30. The molecule has 0 aliphatic carbocycles. The fourth-order valence-electron chi connectivity index (χ4n) is 2.62. The highest BCUT2D eigenvalue weighted by Crippen LogP contribution is 2.24. The van der Waals surface area contributed by atoms with Crippen LogP contribution >= 0.6 is 11.6 Å². The maximum absolute atomic E-state index is 12.8. The first kappa shape index (κ1) is 19.0. The lowest BCUT2D eigenvalue weighted by Gasteiger charge is -2.12. The Hall–Kier alpha value is -2.79. The SMILES string of the molecule is CCC(C)NC(=O)c1cc(-c2ccc(OC)cc2)nn1-c1ccc(Cl)cc1. The van der Waals surface area contributed by atoms with E-state index < -0.39 is 0 Å². The molecule has 0 spiro atoms. The lowest BCUT2D eigenvalue weighted by molar-refractivity contribution is 0.0931. The number of hydrogen-bond donors (Lipinski definition) is 1. The second-order valence-corrected chi connectivity index (χ2v) is 6.75. The highest BCUT2D eigenvalue weighted by molar-refractivity contribution is 6.30. The quantitative estimate of drug-likeness (QED) is 0.669. The molecular formula is C21H22ClN3O2. The van der Waals surface area contributed by atoms with E-state index in [4.69, 9.17) is 16.3 Å². The number of nitrogens with zero attached hydrogens (tertiary/aromatic N) is 2. The van der Waals surface area contributed by atoms with Crippen LogP contribution in [0.4, 0.5) is 0 Å². The van der Waals surface area contributed by atoms with E-state index in [2.05, 4.69) is 10.4 Å². The molecule has 140 valence electrons. The van der Waals surface area contributed by atoms with E-state index in [0.717, 1.165) is 23.4 Å². The minimum Gasteiger partial charge on any atom is -0.497 e. The normalized spacial score (nSPS) is 11.9. The summed E-state index contributed by atoms with van der Waals surface area (Å²) in [5.74, 6) is 0.609. The molecule has 1 unspecified atom stereocenters. The number of nitrogens with one attached hydrogen (secondary N) is 1. The van der Waals surface area contributed by atoms with Gasteiger partial charge in [-0.1, -0.05) is 18.5 Å². The van der Waals surface area contributed by atoms with Crippen LogP contribution < -0.4 is 10.1 Å². The van der Waals surface area contributed by atoms with Gasteiger partial charge in [0.2, 0.25) is 0 Å². The number of ether oxygens (including phenoxy) is 1. The van der Waals surface area contributed by atoms with Crippen LogP contribution in [-0.4, -0.2) is 28.8 Å². The number of carbonyl (C=O) groups is 1. The summed E-state index contributed by atoms with van der Waals surface area (Å²) in [5.41, 5.74) is 2.86. The minimum atomic E-state index is -0.161. The molecular weight excluding hydrogens is 362 g/mol. The van der Waals surface area contributed by atoms with Crippen molar-refractivity contribution in [3.05, 3.63) is 65.3 Å². The number of halogens is 1. The second kappa shape index (κ2) is 8.27. The van der Waals surface area contributed by atoms with Gasteiger partial charge in [-0.05, 0) is 67.9 Å². The van der Waals surface area contributed by atoms with E-state index in [1.54, 1.807) is 30.0 Å². The van der Waals surface area contributed by atoms with Crippen molar-refractivity contribution in [2.24, 2.45) is 0 Å². The Kier molecular flexibility index (Phi) is 5.81. The molecule has 3 aromatic rings. The van der Waals surface area contributed by atoms with Crippen molar-refractivity contribution in [1.82, 2.24) is 15.1 Å². The van der Waals surface area contributed by atoms with Gasteiger partial charge in [-0.3, -0.25) is 4.79 Å². The van der Waals surface area contributed by atoms with Crippen LogP contribution in [0.2, 0.25) is 5.02 Å². The number of aromatic nitrogens is 2. The average molecular weight is 384 g/mol. The molecule has 1 amide bonds. The van der Waals surface area contributed by atoms with E-state index in [9.17, 15) is 4.79 Å². The summed E-state index contributed by atoms with van der Waals surface area (Å²) in [6.45, 7) is 4.01. The summed E-state index contributed by atoms with van der Waals surface area (Å²) < 4.78 is 6.85. The van der Waals surface area contributed by atoms with Gasteiger partial charge in [0.25, 0.3) is 5.91 Å². The van der Waals surface area contributed by atoms with E-state index in [-0.39, 0.29) is 11.9 Å². The number of methoxy groups -OCH3 is 1. The van der Waals surface area contributed by atoms with Gasteiger partial charge in [-0.15, -0.1) is 0 Å². The molecule has 0 aliphatic rings. The summed E-state index contributed by atoms with van der Waals surface area (Å²) >= 11 is 6.00. The minimum absolute atomic E-state index is 0.0792. The van der Waals surface area contributed by atoms with Crippen molar-refractivity contribution in [1.29, 1.82) is 0 Å². The molecule has 0 aliphatic heterocycles. The second-order valence-electron chi connectivity index (χ2n) is 6.31. The third kappa shape index (κ3) is 4.31. The molecule has 3 rings (SSSR count). The summed E-state index contributed by atoms with van der Waals surface area (Å²) in [6.07, 6.45) is 0.853. The van der Waals surface area contributed by atoms with Crippen molar-refractivity contribution < 1.29 is 9.53 Å². The van der Waals surface area contributed by atoms with Gasteiger partial charge in [0, 0.05) is 16.6 Å². The number of hydrogen-bond acceptors (Lipinski definition) is 3. The molecule has 27 heavy (non-hydrogen) atoms. The highest BCUT2D eigenvalue weighted by atomic mass is 35.5. The first-order chi connectivity index (χ1) is 13.0. The van der Waals surface area contributed by atoms with E-state index in [0.29, 0.717) is 16.4 Å². The Bertz CT molecular complexity index is 918. The molecule has 1 heterocycles. The number of amides is 1. The molecule has 1 N–H and O–H groups in total. The van der Waals surface area contributed by atoms with Gasteiger partial charge in [0.1, 0.15) is 11.4 Å². The Morgan fingerprint density at radius 2 is 1.85 bits per heavy atom. The first-order valence-corrected chi connectivity index (χ1v) is 9.21. The van der Waals surface area contributed by atoms with E-state index >= 15 is 0 Å². The van der Waals surface area contributed by atoms with Crippen molar-refractivity contribution >= 4 is 17.5 Å². The van der Waals surface area contributed by atoms with Crippen molar-refractivity contribution in [3.8, 4) is 22.7 Å². The third-order valence-corrected chi connectivity index (χ3v) is 4.64. The Morgan fingerprint density at radius 1 is 1.19 bits per heavy atom. The van der Waals surface area contributed by atoms with E-state index in [1.165, 1.54) is 0 Å². The lowest BCUT2D eigenvalue weighted by atomic mass is 10.1. The lowest BCUT2D eigenvalue weighted by Crippen LogP contribution is -2.33. The fourth-order valence-corrected chi connectivity index (χ4v) is 2.75. The van der Waals surface area contributed by atoms with Gasteiger partial charge in [0.05, 0.1) is 18.5 Å². The zero-order chi connectivity index (χ0) is 19.4. The zero-order valence-corrected chi connectivity index (χ0v) is 16.3. The Morgan fingerprint density at radius 3 is 2.44 bits per heavy atom. The van der Waals surface area contributed by atoms with Gasteiger partial charge < -0.3 is 10.1 Å². The van der Waals surface area contributed by atoms with Gasteiger partial charge in [0.15, 0.2) is 0 Å². The van der Waals surface area contributed by atoms with E-state index in [1.807, 2.05) is 50.2 Å².